The van der Waals surface area contributed by atoms with Gasteiger partial charge < -0.3 is 14.2 Å². The van der Waals surface area contributed by atoms with Crippen molar-refractivity contribution in [3.05, 3.63) is 82.0 Å². The molecule has 1 aliphatic heterocycles. The van der Waals surface area contributed by atoms with Crippen molar-refractivity contribution in [2.24, 2.45) is 0 Å². The van der Waals surface area contributed by atoms with E-state index in [9.17, 15) is 9.59 Å². The van der Waals surface area contributed by atoms with E-state index in [0.717, 1.165) is 16.4 Å². The Morgan fingerprint density at radius 1 is 1.05 bits per heavy atom. The Morgan fingerprint density at radius 3 is 2.55 bits per heavy atom. The summed E-state index contributed by atoms with van der Waals surface area (Å²) in [6.45, 7) is 5.46. The standard InChI is InChI=1S/C29H29Cl2N5O3S/c1-19-7-10-22(11-8-19)36-27(25-5-3-15-39-25)32-33-29(36)40-16-4-6-26(37)34-13-14-35(20(2)18-34)28(38)21-9-12-23(30)24(31)17-21/h3,5,7-12,15,17,20H,4,6,13-14,16,18H2,1-2H3. The Labute approximate surface area is 247 Å². The van der Waals surface area contributed by atoms with E-state index in [1.807, 2.05) is 59.7 Å². The summed E-state index contributed by atoms with van der Waals surface area (Å²) in [5, 5.41) is 10.3. The predicted molar refractivity (Wildman–Crippen MR) is 157 cm³/mol. The van der Waals surface area contributed by atoms with Crippen LogP contribution in [0.2, 0.25) is 10.0 Å². The van der Waals surface area contributed by atoms with Gasteiger partial charge in [0.25, 0.3) is 5.91 Å². The number of benzene rings is 2. The minimum Gasteiger partial charge on any atom is -0.461 e. The molecule has 2 aromatic carbocycles. The van der Waals surface area contributed by atoms with Crippen molar-refractivity contribution in [3.8, 4) is 17.3 Å². The van der Waals surface area contributed by atoms with Gasteiger partial charge in [0, 0.05) is 49.1 Å². The lowest BCUT2D eigenvalue weighted by atomic mass is 10.1. The molecule has 0 spiro atoms. The van der Waals surface area contributed by atoms with Gasteiger partial charge in [0.05, 0.1) is 16.3 Å². The molecule has 11 heteroatoms. The zero-order chi connectivity index (χ0) is 28.2. The fourth-order valence-corrected chi connectivity index (χ4v) is 5.87. The van der Waals surface area contributed by atoms with Gasteiger partial charge in [-0.1, -0.05) is 52.7 Å². The van der Waals surface area contributed by atoms with Gasteiger partial charge in [-0.2, -0.15) is 0 Å². The van der Waals surface area contributed by atoms with Crippen molar-refractivity contribution in [1.29, 1.82) is 0 Å². The highest BCUT2D eigenvalue weighted by atomic mass is 35.5. The van der Waals surface area contributed by atoms with Gasteiger partial charge in [0.2, 0.25) is 11.7 Å². The van der Waals surface area contributed by atoms with E-state index in [1.165, 1.54) is 0 Å². The molecule has 2 amide bonds. The van der Waals surface area contributed by atoms with Gasteiger partial charge in [-0.25, -0.2) is 0 Å². The highest BCUT2D eigenvalue weighted by Crippen LogP contribution is 2.29. The number of hydrogen-bond donors (Lipinski definition) is 0. The first kappa shape index (κ1) is 28.3. The average molecular weight is 599 g/mol. The topological polar surface area (TPSA) is 84.5 Å². The number of piperazine rings is 1. The first-order valence-corrected chi connectivity index (χ1v) is 14.8. The first-order chi connectivity index (χ1) is 19.3. The first-order valence-electron chi connectivity index (χ1n) is 13.0. The molecule has 8 nitrogen and oxygen atoms in total. The van der Waals surface area contributed by atoms with E-state index in [0.29, 0.717) is 65.4 Å². The van der Waals surface area contributed by atoms with Gasteiger partial charge in [-0.3, -0.25) is 14.2 Å². The van der Waals surface area contributed by atoms with E-state index >= 15 is 0 Å². The Kier molecular flexibility index (Phi) is 8.83. The molecule has 1 atom stereocenters. The quantitative estimate of drug-likeness (QED) is 0.173. The molecule has 0 bridgehead atoms. The van der Waals surface area contributed by atoms with E-state index in [2.05, 4.69) is 10.2 Å². The third kappa shape index (κ3) is 6.22. The summed E-state index contributed by atoms with van der Waals surface area (Å²) in [7, 11) is 0. The fourth-order valence-electron chi connectivity index (χ4n) is 4.68. The number of thioether (sulfide) groups is 1. The van der Waals surface area contributed by atoms with E-state index in [-0.39, 0.29) is 17.9 Å². The lowest BCUT2D eigenvalue weighted by molar-refractivity contribution is -0.133. The second-order valence-electron chi connectivity index (χ2n) is 9.72. The molecule has 0 radical (unpaired) electrons. The van der Waals surface area contributed by atoms with Crippen LogP contribution in [0.4, 0.5) is 0 Å². The SMILES string of the molecule is Cc1ccc(-n2c(SCCCC(=O)N3CCN(C(=O)c4ccc(Cl)c(Cl)c4)C(C)C3)nnc2-c2ccco2)cc1. The van der Waals surface area contributed by atoms with Crippen molar-refractivity contribution < 1.29 is 14.0 Å². The summed E-state index contributed by atoms with van der Waals surface area (Å²) in [4.78, 5) is 29.6. The van der Waals surface area contributed by atoms with Crippen LogP contribution in [0.5, 0.6) is 0 Å². The molecule has 0 aliphatic carbocycles. The molecule has 3 heterocycles. The van der Waals surface area contributed by atoms with Gasteiger partial charge in [-0.05, 0) is 62.7 Å². The van der Waals surface area contributed by atoms with Crippen molar-refractivity contribution in [1.82, 2.24) is 24.6 Å². The maximum Gasteiger partial charge on any atom is 0.254 e. The van der Waals surface area contributed by atoms with Crippen LogP contribution in [0.1, 0.15) is 35.7 Å². The normalized spacial score (nSPS) is 15.4. The van der Waals surface area contributed by atoms with Gasteiger partial charge in [-0.15, -0.1) is 10.2 Å². The minimum atomic E-state index is -0.110. The van der Waals surface area contributed by atoms with E-state index in [4.69, 9.17) is 27.6 Å². The summed E-state index contributed by atoms with van der Waals surface area (Å²) < 4.78 is 7.57. The maximum atomic E-state index is 13.0. The van der Waals surface area contributed by atoms with Crippen molar-refractivity contribution in [2.45, 2.75) is 37.9 Å². The van der Waals surface area contributed by atoms with Gasteiger partial charge in [0.1, 0.15) is 0 Å². The third-order valence-corrected chi connectivity index (χ3v) is 8.60. The summed E-state index contributed by atoms with van der Waals surface area (Å²) in [5.74, 6) is 1.96. The number of carbonyl (C=O) groups excluding carboxylic acids is 2. The third-order valence-electron chi connectivity index (χ3n) is 6.84. The zero-order valence-electron chi connectivity index (χ0n) is 22.2. The number of carbonyl (C=O) groups is 2. The van der Waals surface area contributed by atoms with Crippen LogP contribution in [-0.4, -0.2) is 67.8 Å². The highest BCUT2D eigenvalue weighted by molar-refractivity contribution is 7.99. The molecule has 2 aromatic heterocycles. The number of furan rings is 1. The molecule has 208 valence electrons. The van der Waals surface area contributed by atoms with Crippen LogP contribution < -0.4 is 0 Å². The summed E-state index contributed by atoms with van der Waals surface area (Å²) >= 11 is 13.6. The molecular formula is C29H29Cl2N5O3S. The number of aryl methyl sites for hydroxylation is 1. The van der Waals surface area contributed by atoms with Gasteiger partial charge >= 0.3 is 0 Å². The van der Waals surface area contributed by atoms with Crippen LogP contribution in [-0.2, 0) is 4.79 Å². The Bertz CT molecular complexity index is 1490. The van der Waals surface area contributed by atoms with Crippen LogP contribution in [0.15, 0.2) is 70.4 Å². The maximum absolute atomic E-state index is 13.0. The van der Waals surface area contributed by atoms with E-state index < -0.39 is 0 Å². The molecule has 1 unspecified atom stereocenters. The van der Waals surface area contributed by atoms with Crippen molar-refractivity contribution in [3.63, 3.8) is 0 Å². The molecule has 1 aliphatic rings. The fraction of sp³-hybridized carbons (Fsp3) is 0.310. The summed E-state index contributed by atoms with van der Waals surface area (Å²) in [5.41, 5.74) is 2.60. The smallest absolute Gasteiger partial charge is 0.254 e. The highest BCUT2D eigenvalue weighted by Gasteiger charge is 2.30. The molecule has 1 fully saturated rings. The Hall–Kier alpha value is -3.27. The number of aromatic nitrogens is 3. The van der Waals surface area contributed by atoms with Crippen LogP contribution in [0.3, 0.4) is 0 Å². The Morgan fingerprint density at radius 2 is 1.85 bits per heavy atom. The minimum absolute atomic E-state index is 0.0883. The molecule has 1 saturated heterocycles. The number of nitrogens with zero attached hydrogens (tertiary/aromatic N) is 5. The lowest BCUT2D eigenvalue weighted by Gasteiger charge is -2.40. The summed E-state index contributed by atoms with van der Waals surface area (Å²) in [6.07, 6.45) is 2.73. The second-order valence-corrected chi connectivity index (χ2v) is 11.6. The molecule has 0 saturated carbocycles. The predicted octanol–water partition coefficient (Wildman–Crippen LogP) is 6.39. The number of rotatable bonds is 8. The summed E-state index contributed by atoms with van der Waals surface area (Å²) in [6, 6.07) is 16.6. The van der Waals surface area contributed by atoms with E-state index in [1.54, 1.807) is 41.1 Å². The number of hydrogen-bond acceptors (Lipinski definition) is 6. The molecule has 40 heavy (non-hydrogen) atoms. The monoisotopic (exact) mass is 597 g/mol. The molecular weight excluding hydrogens is 569 g/mol. The number of amides is 2. The van der Waals surface area contributed by atoms with Gasteiger partial charge in [0.15, 0.2) is 10.9 Å². The van der Waals surface area contributed by atoms with Crippen LogP contribution in [0, 0.1) is 6.92 Å². The van der Waals surface area contributed by atoms with Crippen LogP contribution >= 0.6 is 35.0 Å². The number of halogens is 2. The second kappa shape index (κ2) is 12.5. The largest absolute Gasteiger partial charge is 0.461 e. The lowest BCUT2D eigenvalue weighted by Crippen LogP contribution is -2.55. The van der Waals surface area contributed by atoms with Crippen LogP contribution in [0.25, 0.3) is 17.3 Å². The Balaban J connectivity index is 1.16. The zero-order valence-corrected chi connectivity index (χ0v) is 24.5. The van der Waals surface area contributed by atoms with Crippen molar-refractivity contribution >= 4 is 46.8 Å². The molecule has 0 N–H and O–H groups in total. The molecule has 4 aromatic rings. The average Bonchev–Trinajstić information content (AvgIpc) is 3.63. The van der Waals surface area contributed by atoms with Crippen molar-refractivity contribution in [2.75, 3.05) is 25.4 Å². The molecule has 5 rings (SSSR count).